The van der Waals surface area contributed by atoms with E-state index in [0.717, 1.165) is 0 Å². The molecule has 0 fully saturated rings. The van der Waals surface area contributed by atoms with Crippen molar-refractivity contribution >= 4 is 27.7 Å². The van der Waals surface area contributed by atoms with E-state index in [4.69, 9.17) is 4.74 Å². The molecule has 0 saturated carbocycles. The molecule has 0 aliphatic carbocycles. The minimum atomic E-state index is -0.477. The van der Waals surface area contributed by atoms with E-state index in [2.05, 4.69) is 15.9 Å². The molecule has 0 aromatic heterocycles. The summed E-state index contributed by atoms with van der Waals surface area (Å²) in [5, 5.41) is 0. The van der Waals surface area contributed by atoms with E-state index < -0.39 is 5.97 Å². The molecule has 0 saturated heterocycles. The van der Waals surface area contributed by atoms with E-state index in [0.29, 0.717) is 15.6 Å². The van der Waals surface area contributed by atoms with Gasteiger partial charge in [0, 0.05) is 10.0 Å². The van der Waals surface area contributed by atoms with Gasteiger partial charge in [-0.2, -0.15) is 0 Å². The summed E-state index contributed by atoms with van der Waals surface area (Å²) in [4.78, 5) is 22.9. The van der Waals surface area contributed by atoms with Gasteiger partial charge in [0.1, 0.15) is 0 Å². The topological polar surface area (TPSA) is 43.4 Å². The molecule has 0 aliphatic rings. The Morgan fingerprint density at radius 1 is 1.40 bits per heavy atom. The highest BCUT2D eigenvalue weighted by atomic mass is 79.9. The molecule has 0 atom stereocenters. The molecule has 4 heteroatoms. The van der Waals surface area contributed by atoms with E-state index in [-0.39, 0.29) is 12.4 Å². The largest absolute Gasteiger partial charge is 0.462 e. The average Bonchev–Trinajstić information content (AvgIpc) is 2.17. The van der Waals surface area contributed by atoms with E-state index in [9.17, 15) is 9.59 Å². The lowest BCUT2D eigenvalue weighted by molar-refractivity contribution is 0.0522. The van der Waals surface area contributed by atoms with Crippen molar-refractivity contribution in [2.75, 3.05) is 6.61 Å². The highest BCUT2D eigenvalue weighted by Gasteiger charge is 2.18. The number of benzene rings is 1. The molecule has 3 nitrogen and oxygen atoms in total. The zero-order chi connectivity index (χ0) is 11.4. The van der Waals surface area contributed by atoms with E-state index in [1.54, 1.807) is 25.1 Å². The molecular weight excluding hydrogens is 260 g/mol. The van der Waals surface area contributed by atoms with Gasteiger partial charge in [-0.15, -0.1) is 0 Å². The van der Waals surface area contributed by atoms with Crippen molar-refractivity contribution in [2.24, 2.45) is 0 Å². The Kier molecular flexibility index (Phi) is 4.03. The van der Waals surface area contributed by atoms with E-state index in [1.165, 1.54) is 6.92 Å². The van der Waals surface area contributed by atoms with Crippen LogP contribution in [0.15, 0.2) is 22.7 Å². The summed E-state index contributed by atoms with van der Waals surface area (Å²) in [6.45, 7) is 3.43. The fourth-order valence-corrected chi connectivity index (χ4v) is 1.76. The predicted octanol–water partition coefficient (Wildman–Crippen LogP) is 2.83. The van der Waals surface area contributed by atoms with Crippen molar-refractivity contribution in [2.45, 2.75) is 13.8 Å². The Labute approximate surface area is 96.6 Å². The molecule has 0 radical (unpaired) electrons. The predicted molar refractivity (Wildman–Crippen MR) is 60.1 cm³/mol. The highest BCUT2D eigenvalue weighted by Crippen LogP contribution is 2.22. The summed E-state index contributed by atoms with van der Waals surface area (Å²) in [5.41, 5.74) is 0.676. The summed E-state index contributed by atoms with van der Waals surface area (Å²) in [7, 11) is 0. The fraction of sp³-hybridized carbons (Fsp3) is 0.273. The second kappa shape index (κ2) is 5.07. The van der Waals surface area contributed by atoms with Crippen LogP contribution < -0.4 is 0 Å². The maximum Gasteiger partial charge on any atom is 0.340 e. The van der Waals surface area contributed by atoms with Crippen LogP contribution in [-0.2, 0) is 4.74 Å². The molecule has 1 rings (SSSR count). The number of ketones is 1. The van der Waals surface area contributed by atoms with Gasteiger partial charge in [-0.25, -0.2) is 4.79 Å². The van der Waals surface area contributed by atoms with Gasteiger partial charge in [-0.1, -0.05) is 12.1 Å². The van der Waals surface area contributed by atoms with Crippen molar-refractivity contribution in [3.8, 4) is 0 Å². The smallest absolute Gasteiger partial charge is 0.340 e. The monoisotopic (exact) mass is 270 g/mol. The molecule has 1 aromatic carbocycles. The van der Waals surface area contributed by atoms with Crippen molar-refractivity contribution < 1.29 is 14.3 Å². The van der Waals surface area contributed by atoms with E-state index in [1.807, 2.05) is 0 Å². The molecule has 80 valence electrons. The Morgan fingerprint density at radius 2 is 2.07 bits per heavy atom. The van der Waals surface area contributed by atoms with Gasteiger partial charge in [-0.3, -0.25) is 4.79 Å². The summed E-state index contributed by atoms with van der Waals surface area (Å²) in [6, 6.07) is 5.03. The number of hydrogen-bond donors (Lipinski definition) is 0. The third-order valence-corrected chi connectivity index (χ3v) is 2.53. The highest BCUT2D eigenvalue weighted by molar-refractivity contribution is 9.10. The lowest BCUT2D eigenvalue weighted by Crippen LogP contribution is -2.11. The minimum absolute atomic E-state index is 0.153. The minimum Gasteiger partial charge on any atom is -0.462 e. The molecule has 0 N–H and O–H groups in total. The SMILES string of the molecule is CCOC(=O)c1c(Br)cccc1C(C)=O. The summed E-state index contributed by atoms with van der Waals surface area (Å²) < 4.78 is 5.46. The second-order valence-corrected chi connectivity index (χ2v) is 3.79. The Balaban J connectivity index is 3.24. The first kappa shape index (κ1) is 11.9. The molecule has 0 aliphatic heterocycles. The molecule has 0 unspecified atom stereocenters. The Hall–Kier alpha value is -1.16. The van der Waals surface area contributed by atoms with Crippen LogP contribution in [0, 0.1) is 0 Å². The average molecular weight is 271 g/mol. The van der Waals surface area contributed by atoms with Gasteiger partial charge in [0.2, 0.25) is 0 Å². The number of halogens is 1. The molecule has 1 aromatic rings. The van der Waals surface area contributed by atoms with Gasteiger partial charge in [-0.05, 0) is 35.8 Å². The van der Waals surface area contributed by atoms with Gasteiger partial charge in [0.25, 0.3) is 0 Å². The quantitative estimate of drug-likeness (QED) is 0.627. The standard InChI is InChI=1S/C11H11BrO3/c1-3-15-11(14)10-8(7(2)13)5-4-6-9(10)12/h4-6H,3H2,1-2H3. The number of hydrogen-bond acceptors (Lipinski definition) is 3. The van der Waals surface area contributed by atoms with Crippen LogP contribution in [-0.4, -0.2) is 18.4 Å². The molecular formula is C11H11BrO3. The van der Waals surface area contributed by atoms with Crippen LogP contribution in [0.1, 0.15) is 34.6 Å². The molecule has 0 bridgehead atoms. The number of carbonyl (C=O) groups is 2. The normalized spacial score (nSPS) is 9.80. The van der Waals surface area contributed by atoms with Crippen molar-refractivity contribution in [1.82, 2.24) is 0 Å². The lowest BCUT2D eigenvalue weighted by atomic mass is 10.0. The maximum atomic E-state index is 11.6. The first-order valence-corrected chi connectivity index (χ1v) is 5.33. The van der Waals surface area contributed by atoms with Crippen LogP contribution in [0.5, 0.6) is 0 Å². The summed E-state index contributed by atoms with van der Waals surface area (Å²) >= 11 is 3.23. The number of ether oxygens (including phenoxy) is 1. The molecule has 0 heterocycles. The van der Waals surface area contributed by atoms with Crippen molar-refractivity contribution in [3.63, 3.8) is 0 Å². The maximum absolute atomic E-state index is 11.6. The third-order valence-electron chi connectivity index (χ3n) is 1.87. The molecule has 0 amide bonds. The van der Waals surface area contributed by atoms with Crippen LogP contribution in [0.25, 0.3) is 0 Å². The van der Waals surface area contributed by atoms with E-state index >= 15 is 0 Å². The summed E-state index contributed by atoms with van der Waals surface area (Å²) in [5.74, 6) is -0.630. The van der Waals surface area contributed by atoms with Gasteiger partial charge >= 0.3 is 5.97 Å². The number of carbonyl (C=O) groups excluding carboxylic acids is 2. The number of rotatable bonds is 3. The van der Waals surface area contributed by atoms with Gasteiger partial charge < -0.3 is 4.74 Å². The number of Topliss-reactive ketones (excluding diaryl/α,β-unsaturated/α-hetero) is 1. The first-order valence-electron chi connectivity index (χ1n) is 4.54. The zero-order valence-electron chi connectivity index (χ0n) is 8.54. The van der Waals surface area contributed by atoms with Crippen LogP contribution >= 0.6 is 15.9 Å². The van der Waals surface area contributed by atoms with Crippen LogP contribution in [0.4, 0.5) is 0 Å². The molecule has 15 heavy (non-hydrogen) atoms. The Bertz CT molecular complexity index is 399. The fourth-order valence-electron chi connectivity index (χ4n) is 1.23. The van der Waals surface area contributed by atoms with Crippen molar-refractivity contribution in [1.29, 1.82) is 0 Å². The molecule has 0 spiro atoms. The van der Waals surface area contributed by atoms with Gasteiger partial charge in [0.15, 0.2) is 5.78 Å². The van der Waals surface area contributed by atoms with Crippen LogP contribution in [0.3, 0.4) is 0 Å². The van der Waals surface area contributed by atoms with Gasteiger partial charge in [0.05, 0.1) is 12.2 Å². The second-order valence-electron chi connectivity index (χ2n) is 2.94. The first-order chi connectivity index (χ1) is 7.07. The third kappa shape index (κ3) is 2.65. The lowest BCUT2D eigenvalue weighted by Gasteiger charge is -2.07. The summed E-state index contributed by atoms with van der Waals surface area (Å²) in [6.07, 6.45) is 0. The van der Waals surface area contributed by atoms with Crippen molar-refractivity contribution in [3.05, 3.63) is 33.8 Å². The number of esters is 1. The van der Waals surface area contributed by atoms with Crippen LogP contribution in [0.2, 0.25) is 0 Å². The zero-order valence-corrected chi connectivity index (χ0v) is 10.1. The Morgan fingerprint density at radius 3 is 2.60 bits per heavy atom.